The van der Waals surface area contributed by atoms with Crippen LogP contribution < -0.4 is 10.1 Å². The van der Waals surface area contributed by atoms with Crippen molar-refractivity contribution in [1.82, 2.24) is 15.0 Å². The maximum atomic E-state index is 12.3. The summed E-state index contributed by atoms with van der Waals surface area (Å²) in [5.74, 6) is -0.266. The minimum absolute atomic E-state index is 0.0111. The van der Waals surface area contributed by atoms with Gasteiger partial charge in [-0.05, 0) is 48.2 Å². The summed E-state index contributed by atoms with van der Waals surface area (Å²) < 4.78 is 40.8. The fraction of sp³-hybridized carbons (Fsp3) is 0.250. The Labute approximate surface area is 164 Å². The molecule has 0 fully saturated rings. The average molecular weight is 402 g/mol. The number of nitrogens with one attached hydrogen (secondary N) is 1. The Hall–Kier alpha value is -3.36. The molecule has 0 saturated heterocycles. The van der Waals surface area contributed by atoms with Gasteiger partial charge in [0.15, 0.2) is 17.3 Å². The van der Waals surface area contributed by atoms with Crippen LogP contribution in [0.1, 0.15) is 41.0 Å². The van der Waals surface area contributed by atoms with Gasteiger partial charge in [0, 0.05) is 6.92 Å². The van der Waals surface area contributed by atoms with Crippen molar-refractivity contribution in [3.8, 4) is 11.4 Å². The van der Waals surface area contributed by atoms with Crippen LogP contribution in [0, 0.1) is 0 Å². The van der Waals surface area contributed by atoms with Gasteiger partial charge in [0.2, 0.25) is 0 Å². The predicted molar refractivity (Wildman–Crippen MR) is 99.2 cm³/mol. The first kappa shape index (κ1) is 19.0. The summed E-state index contributed by atoms with van der Waals surface area (Å²) in [6.45, 7) is 1.39. The number of carbonyl (C=O) groups excluding carboxylic acids is 1. The Kier molecular flexibility index (Phi) is 4.73. The number of alkyl halides is 3. The molecule has 9 heteroatoms. The first-order chi connectivity index (χ1) is 13.8. The normalized spacial score (nSPS) is 15.8. The highest BCUT2D eigenvalue weighted by molar-refractivity contribution is 5.96. The molecule has 150 valence electrons. The topological polar surface area (TPSA) is 69.0 Å². The van der Waals surface area contributed by atoms with E-state index < -0.39 is 6.36 Å². The van der Waals surface area contributed by atoms with E-state index in [2.05, 4.69) is 26.3 Å². The van der Waals surface area contributed by atoms with Crippen LogP contribution in [-0.4, -0.2) is 27.1 Å². The van der Waals surface area contributed by atoms with Crippen molar-refractivity contribution < 1.29 is 22.7 Å². The maximum absolute atomic E-state index is 12.3. The number of benzene rings is 2. The van der Waals surface area contributed by atoms with E-state index in [1.165, 1.54) is 41.5 Å². The standard InChI is InChI=1S/C20H17F3N4O2/c1-12(28)18-19(24-17-11-6-13-4-2-3-5-16(13)17)26-27(25-18)14-7-9-15(10-8-14)29-20(21,22)23/h2-5,7-10,17H,6,11H2,1H3,(H,24,26). The first-order valence-electron chi connectivity index (χ1n) is 8.99. The lowest BCUT2D eigenvalue weighted by Crippen LogP contribution is -2.17. The quantitative estimate of drug-likeness (QED) is 0.638. The zero-order valence-electron chi connectivity index (χ0n) is 15.4. The van der Waals surface area contributed by atoms with Gasteiger partial charge in [0.25, 0.3) is 0 Å². The summed E-state index contributed by atoms with van der Waals surface area (Å²) in [7, 11) is 0. The molecule has 1 aliphatic carbocycles. The van der Waals surface area contributed by atoms with E-state index in [1.54, 1.807) is 0 Å². The Morgan fingerprint density at radius 3 is 2.55 bits per heavy atom. The van der Waals surface area contributed by atoms with Gasteiger partial charge in [0.1, 0.15) is 5.75 Å². The minimum Gasteiger partial charge on any atom is -0.406 e. The number of aromatic nitrogens is 3. The maximum Gasteiger partial charge on any atom is 0.573 e. The smallest absolute Gasteiger partial charge is 0.406 e. The van der Waals surface area contributed by atoms with Crippen LogP contribution in [0.5, 0.6) is 5.75 Å². The third-order valence-electron chi connectivity index (χ3n) is 4.69. The number of hydrogen-bond acceptors (Lipinski definition) is 5. The highest BCUT2D eigenvalue weighted by atomic mass is 19.4. The highest BCUT2D eigenvalue weighted by Gasteiger charge is 2.31. The Bertz CT molecular complexity index is 1040. The summed E-state index contributed by atoms with van der Waals surface area (Å²) >= 11 is 0. The number of ketones is 1. The number of halogens is 3. The third kappa shape index (κ3) is 4.08. The van der Waals surface area contributed by atoms with Crippen molar-refractivity contribution in [3.63, 3.8) is 0 Å². The van der Waals surface area contributed by atoms with Gasteiger partial charge in [-0.3, -0.25) is 4.79 Å². The van der Waals surface area contributed by atoms with Crippen molar-refractivity contribution in [3.05, 3.63) is 65.4 Å². The van der Waals surface area contributed by atoms with Crippen molar-refractivity contribution in [1.29, 1.82) is 0 Å². The lowest BCUT2D eigenvalue weighted by Gasteiger charge is -2.13. The molecular formula is C20H17F3N4O2. The minimum atomic E-state index is -4.76. The number of rotatable bonds is 5. The predicted octanol–water partition coefficient (Wildman–Crippen LogP) is 4.47. The largest absolute Gasteiger partial charge is 0.573 e. The SMILES string of the molecule is CC(=O)c1nn(-c2ccc(OC(F)(F)F)cc2)nc1NC1CCc2ccccc21. The molecule has 1 unspecified atom stereocenters. The molecule has 29 heavy (non-hydrogen) atoms. The Morgan fingerprint density at radius 1 is 1.14 bits per heavy atom. The van der Waals surface area contributed by atoms with Crippen LogP contribution in [0.25, 0.3) is 5.69 Å². The van der Waals surface area contributed by atoms with Gasteiger partial charge in [-0.15, -0.1) is 28.2 Å². The third-order valence-corrected chi connectivity index (χ3v) is 4.69. The van der Waals surface area contributed by atoms with Crippen molar-refractivity contribution in [2.45, 2.75) is 32.2 Å². The van der Waals surface area contributed by atoms with Crippen LogP contribution >= 0.6 is 0 Å². The fourth-order valence-electron chi connectivity index (χ4n) is 3.41. The molecule has 1 atom stereocenters. The van der Waals surface area contributed by atoms with E-state index in [0.29, 0.717) is 11.5 Å². The van der Waals surface area contributed by atoms with E-state index >= 15 is 0 Å². The second-order valence-electron chi connectivity index (χ2n) is 6.72. The lowest BCUT2D eigenvalue weighted by atomic mass is 10.1. The number of nitrogens with zero attached hydrogens (tertiary/aromatic N) is 3. The average Bonchev–Trinajstić information content (AvgIpc) is 3.26. The molecule has 1 aromatic heterocycles. The van der Waals surface area contributed by atoms with E-state index in [9.17, 15) is 18.0 Å². The second-order valence-corrected chi connectivity index (χ2v) is 6.72. The monoisotopic (exact) mass is 402 g/mol. The molecule has 0 radical (unpaired) electrons. The highest BCUT2D eigenvalue weighted by Crippen LogP contribution is 2.34. The first-order valence-corrected chi connectivity index (χ1v) is 8.99. The molecule has 0 bridgehead atoms. The van der Waals surface area contributed by atoms with Crippen LogP contribution in [-0.2, 0) is 6.42 Å². The van der Waals surface area contributed by atoms with E-state index in [4.69, 9.17) is 0 Å². The number of hydrogen-bond donors (Lipinski definition) is 1. The molecule has 0 amide bonds. The van der Waals surface area contributed by atoms with Crippen LogP contribution in [0.2, 0.25) is 0 Å². The summed E-state index contributed by atoms with van der Waals surface area (Å²) in [5.41, 5.74) is 2.99. The van der Waals surface area contributed by atoms with E-state index in [1.807, 2.05) is 18.2 Å². The zero-order chi connectivity index (χ0) is 20.6. The summed E-state index contributed by atoms with van der Waals surface area (Å²) in [4.78, 5) is 13.3. The molecule has 1 aliphatic rings. The van der Waals surface area contributed by atoms with Crippen molar-refractivity contribution in [2.24, 2.45) is 0 Å². The van der Waals surface area contributed by atoms with E-state index in [0.717, 1.165) is 18.4 Å². The van der Waals surface area contributed by atoms with Crippen LogP contribution in [0.3, 0.4) is 0 Å². The summed E-state index contributed by atoms with van der Waals surface area (Å²) in [5, 5.41) is 11.9. The van der Waals surface area contributed by atoms with Gasteiger partial charge in [0.05, 0.1) is 11.7 Å². The molecule has 0 spiro atoms. The molecule has 1 heterocycles. The fourth-order valence-corrected chi connectivity index (χ4v) is 3.41. The molecule has 3 aromatic rings. The number of carbonyl (C=O) groups is 1. The zero-order valence-corrected chi connectivity index (χ0v) is 15.4. The number of ether oxygens (including phenoxy) is 1. The number of aryl methyl sites for hydroxylation is 1. The summed E-state index contributed by atoms with van der Waals surface area (Å²) in [6, 6.07) is 13.2. The number of Topliss-reactive ketones (excluding diaryl/α,β-unsaturated/α-hetero) is 1. The van der Waals surface area contributed by atoms with E-state index in [-0.39, 0.29) is 23.3 Å². The molecule has 1 N–H and O–H groups in total. The molecule has 0 aliphatic heterocycles. The number of fused-ring (bicyclic) bond motifs is 1. The van der Waals surface area contributed by atoms with Gasteiger partial charge >= 0.3 is 6.36 Å². The Balaban J connectivity index is 1.60. The molecular weight excluding hydrogens is 385 g/mol. The molecule has 0 saturated carbocycles. The van der Waals surface area contributed by atoms with Crippen molar-refractivity contribution in [2.75, 3.05) is 5.32 Å². The van der Waals surface area contributed by atoms with Crippen molar-refractivity contribution >= 4 is 11.6 Å². The summed E-state index contributed by atoms with van der Waals surface area (Å²) in [6.07, 6.45) is -2.97. The number of anilines is 1. The van der Waals surface area contributed by atoms with Gasteiger partial charge in [-0.25, -0.2) is 0 Å². The lowest BCUT2D eigenvalue weighted by molar-refractivity contribution is -0.274. The van der Waals surface area contributed by atoms with Gasteiger partial charge < -0.3 is 10.1 Å². The molecule has 4 rings (SSSR count). The molecule has 6 nitrogen and oxygen atoms in total. The van der Waals surface area contributed by atoms with Gasteiger partial charge in [-0.1, -0.05) is 24.3 Å². The Morgan fingerprint density at radius 2 is 1.86 bits per heavy atom. The molecule has 2 aromatic carbocycles. The second kappa shape index (κ2) is 7.23. The van der Waals surface area contributed by atoms with Crippen LogP contribution in [0.15, 0.2) is 48.5 Å². The van der Waals surface area contributed by atoms with Crippen LogP contribution in [0.4, 0.5) is 19.0 Å². The van der Waals surface area contributed by atoms with Gasteiger partial charge in [-0.2, -0.15) is 0 Å².